The largest absolute Gasteiger partial charge is 0.480 e. The summed E-state index contributed by atoms with van der Waals surface area (Å²) in [6, 6.07) is 5.78. The number of rotatable bonds is 4. The summed E-state index contributed by atoms with van der Waals surface area (Å²) in [4.78, 5) is 11.5. The van der Waals surface area contributed by atoms with E-state index in [1.807, 2.05) is 32.0 Å². The van der Waals surface area contributed by atoms with Gasteiger partial charge in [0.1, 0.15) is 6.04 Å². The van der Waals surface area contributed by atoms with E-state index in [2.05, 4.69) is 5.32 Å². The number of aliphatic carboxylic acids is 1. The maximum atomic E-state index is 11.5. The third kappa shape index (κ3) is 2.91. The van der Waals surface area contributed by atoms with E-state index < -0.39 is 12.0 Å². The molecular weight excluding hydrogens is 226 g/mol. The third-order valence-electron chi connectivity index (χ3n) is 3.75. The van der Waals surface area contributed by atoms with Gasteiger partial charge in [-0.15, -0.1) is 0 Å². The van der Waals surface area contributed by atoms with Gasteiger partial charge < -0.3 is 5.11 Å². The van der Waals surface area contributed by atoms with E-state index in [0.717, 1.165) is 29.5 Å². The van der Waals surface area contributed by atoms with Crippen LogP contribution in [-0.2, 0) is 4.79 Å². The van der Waals surface area contributed by atoms with Crippen LogP contribution in [0, 0.1) is 13.8 Å². The van der Waals surface area contributed by atoms with E-state index in [-0.39, 0.29) is 0 Å². The summed E-state index contributed by atoms with van der Waals surface area (Å²) in [5, 5.41) is 12.7. The molecule has 2 rings (SSSR count). The highest BCUT2D eigenvalue weighted by molar-refractivity contribution is 5.76. The normalized spacial score (nSPS) is 17.9. The monoisotopic (exact) mass is 247 g/mol. The molecule has 1 unspecified atom stereocenters. The molecule has 1 fully saturated rings. The van der Waals surface area contributed by atoms with Crippen molar-refractivity contribution in [1.82, 2.24) is 5.32 Å². The summed E-state index contributed by atoms with van der Waals surface area (Å²) in [7, 11) is 0. The summed E-state index contributed by atoms with van der Waals surface area (Å²) < 4.78 is 0. The van der Waals surface area contributed by atoms with E-state index in [0.29, 0.717) is 6.04 Å². The highest BCUT2D eigenvalue weighted by Crippen LogP contribution is 2.24. The van der Waals surface area contributed by atoms with Crippen LogP contribution in [0.15, 0.2) is 18.2 Å². The molecule has 1 aliphatic rings. The van der Waals surface area contributed by atoms with E-state index in [4.69, 9.17) is 0 Å². The first-order chi connectivity index (χ1) is 8.58. The molecule has 1 aromatic rings. The quantitative estimate of drug-likeness (QED) is 0.860. The van der Waals surface area contributed by atoms with Crippen LogP contribution >= 0.6 is 0 Å². The van der Waals surface area contributed by atoms with Gasteiger partial charge in [-0.1, -0.05) is 36.6 Å². The average Bonchev–Trinajstić information content (AvgIpc) is 2.82. The van der Waals surface area contributed by atoms with E-state index in [1.165, 1.54) is 12.8 Å². The number of nitrogens with one attached hydrogen (secondary N) is 1. The second-order valence-electron chi connectivity index (χ2n) is 5.28. The van der Waals surface area contributed by atoms with Crippen LogP contribution in [0.5, 0.6) is 0 Å². The molecule has 3 heteroatoms. The first-order valence-corrected chi connectivity index (χ1v) is 6.64. The smallest absolute Gasteiger partial charge is 0.325 e. The number of carboxylic acids is 1. The SMILES string of the molecule is Cc1ccc(C)c(C(NC2CCCC2)C(=O)O)c1. The van der Waals surface area contributed by atoms with Crippen LogP contribution in [0.2, 0.25) is 0 Å². The molecule has 0 amide bonds. The number of hydrogen-bond acceptors (Lipinski definition) is 2. The highest BCUT2D eigenvalue weighted by Gasteiger charge is 2.26. The van der Waals surface area contributed by atoms with Gasteiger partial charge in [0.15, 0.2) is 0 Å². The lowest BCUT2D eigenvalue weighted by Gasteiger charge is -2.21. The van der Waals surface area contributed by atoms with Crippen LogP contribution in [0.1, 0.15) is 48.4 Å². The van der Waals surface area contributed by atoms with Crippen LogP contribution in [0.4, 0.5) is 0 Å². The molecule has 0 spiro atoms. The second-order valence-corrected chi connectivity index (χ2v) is 5.28. The molecule has 0 aromatic heterocycles. The van der Waals surface area contributed by atoms with Crippen LogP contribution in [0.3, 0.4) is 0 Å². The van der Waals surface area contributed by atoms with E-state index in [9.17, 15) is 9.90 Å². The average molecular weight is 247 g/mol. The van der Waals surface area contributed by atoms with Crippen molar-refractivity contribution < 1.29 is 9.90 Å². The Morgan fingerprint density at radius 2 is 2.00 bits per heavy atom. The Bertz CT molecular complexity index is 436. The summed E-state index contributed by atoms with van der Waals surface area (Å²) >= 11 is 0. The Morgan fingerprint density at radius 3 is 2.61 bits per heavy atom. The van der Waals surface area contributed by atoms with Gasteiger partial charge in [-0.3, -0.25) is 10.1 Å². The Hall–Kier alpha value is -1.35. The molecule has 98 valence electrons. The molecule has 1 aromatic carbocycles. The van der Waals surface area contributed by atoms with Gasteiger partial charge in [0.05, 0.1) is 0 Å². The maximum absolute atomic E-state index is 11.5. The molecule has 0 radical (unpaired) electrons. The van der Waals surface area contributed by atoms with Gasteiger partial charge in [-0.2, -0.15) is 0 Å². The van der Waals surface area contributed by atoms with Gasteiger partial charge in [0.25, 0.3) is 0 Å². The van der Waals surface area contributed by atoms with Gasteiger partial charge in [0, 0.05) is 6.04 Å². The molecule has 3 nitrogen and oxygen atoms in total. The van der Waals surface area contributed by atoms with Crippen molar-refractivity contribution in [1.29, 1.82) is 0 Å². The summed E-state index contributed by atoms with van der Waals surface area (Å²) in [6.07, 6.45) is 4.59. The van der Waals surface area contributed by atoms with Gasteiger partial charge in [0.2, 0.25) is 0 Å². The van der Waals surface area contributed by atoms with Crippen LogP contribution in [-0.4, -0.2) is 17.1 Å². The topological polar surface area (TPSA) is 49.3 Å². The number of carbonyl (C=O) groups is 1. The Balaban J connectivity index is 2.23. The van der Waals surface area contributed by atoms with Crippen molar-refractivity contribution in [3.63, 3.8) is 0 Å². The molecule has 1 aliphatic carbocycles. The lowest BCUT2D eigenvalue weighted by molar-refractivity contribution is -0.139. The van der Waals surface area contributed by atoms with Crippen molar-refractivity contribution in [3.05, 3.63) is 34.9 Å². The van der Waals surface area contributed by atoms with Crippen molar-refractivity contribution in [2.75, 3.05) is 0 Å². The Kier molecular flexibility index (Phi) is 4.02. The number of hydrogen-bond donors (Lipinski definition) is 2. The summed E-state index contributed by atoms with van der Waals surface area (Å²) in [6.45, 7) is 3.97. The minimum atomic E-state index is -0.782. The van der Waals surface area contributed by atoms with Crippen molar-refractivity contribution in [3.8, 4) is 0 Å². The molecule has 18 heavy (non-hydrogen) atoms. The van der Waals surface area contributed by atoms with E-state index in [1.54, 1.807) is 0 Å². The Morgan fingerprint density at radius 1 is 1.33 bits per heavy atom. The highest BCUT2D eigenvalue weighted by atomic mass is 16.4. The number of benzene rings is 1. The lowest BCUT2D eigenvalue weighted by atomic mass is 9.98. The minimum absolute atomic E-state index is 0.353. The van der Waals surface area contributed by atoms with Crippen molar-refractivity contribution >= 4 is 5.97 Å². The zero-order valence-electron chi connectivity index (χ0n) is 11.1. The van der Waals surface area contributed by atoms with Gasteiger partial charge in [-0.25, -0.2) is 0 Å². The van der Waals surface area contributed by atoms with Gasteiger partial charge in [-0.05, 0) is 37.8 Å². The fraction of sp³-hybridized carbons (Fsp3) is 0.533. The number of aryl methyl sites for hydroxylation is 2. The molecule has 0 saturated heterocycles. The van der Waals surface area contributed by atoms with Crippen molar-refractivity contribution in [2.45, 2.75) is 51.6 Å². The van der Waals surface area contributed by atoms with Crippen LogP contribution < -0.4 is 5.32 Å². The predicted molar refractivity (Wildman–Crippen MR) is 71.7 cm³/mol. The standard InChI is InChI=1S/C15H21NO2/c1-10-7-8-11(2)13(9-10)14(15(17)18)16-12-5-3-4-6-12/h7-9,12,14,16H,3-6H2,1-2H3,(H,17,18). The molecular formula is C15H21NO2. The second kappa shape index (κ2) is 5.53. The molecule has 2 N–H and O–H groups in total. The fourth-order valence-electron chi connectivity index (χ4n) is 2.69. The molecule has 0 heterocycles. The predicted octanol–water partition coefficient (Wildman–Crippen LogP) is 2.96. The summed E-state index contributed by atoms with van der Waals surface area (Å²) in [5.41, 5.74) is 3.04. The lowest BCUT2D eigenvalue weighted by Crippen LogP contribution is -2.35. The zero-order valence-corrected chi connectivity index (χ0v) is 11.1. The van der Waals surface area contributed by atoms with E-state index >= 15 is 0 Å². The molecule has 0 bridgehead atoms. The molecule has 1 atom stereocenters. The van der Waals surface area contributed by atoms with Crippen molar-refractivity contribution in [2.24, 2.45) is 0 Å². The molecule has 1 saturated carbocycles. The first-order valence-electron chi connectivity index (χ1n) is 6.64. The third-order valence-corrected chi connectivity index (χ3v) is 3.75. The fourth-order valence-corrected chi connectivity index (χ4v) is 2.69. The first kappa shape index (κ1) is 13.1. The molecule has 0 aliphatic heterocycles. The van der Waals surface area contributed by atoms with Gasteiger partial charge >= 0.3 is 5.97 Å². The number of carboxylic acid groups (broad SMARTS) is 1. The maximum Gasteiger partial charge on any atom is 0.325 e. The summed E-state index contributed by atoms with van der Waals surface area (Å²) in [5.74, 6) is -0.782. The zero-order chi connectivity index (χ0) is 13.1. The minimum Gasteiger partial charge on any atom is -0.480 e. The van der Waals surface area contributed by atoms with Crippen LogP contribution in [0.25, 0.3) is 0 Å². The Labute approximate surface area is 108 Å².